The summed E-state index contributed by atoms with van der Waals surface area (Å²) in [5.74, 6) is 0.0733. The van der Waals surface area contributed by atoms with Crippen molar-refractivity contribution in [3.05, 3.63) is 29.3 Å². The fraction of sp³-hybridized carbons (Fsp3) is 0.611. The van der Waals surface area contributed by atoms with E-state index in [0.717, 1.165) is 55.9 Å². The van der Waals surface area contributed by atoms with Crippen LogP contribution in [0.25, 0.3) is 0 Å². The van der Waals surface area contributed by atoms with Crippen LogP contribution >= 0.6 is 11.6 Å². The highest BCUT2D eigenvalue weighted by atomic mass is 35.5. The fourth-order valence-corrected chi connectivity index (χ4v) is 4.06. The molecule has 5 heteroatoms. The van der Waals surface area contributed by atoms with Crippen LogP contribution in [-0.2, 0) is 4.79 Å². The normalized spacial score (nSPS) is 31.2. The number of benzene rings is 1. The second-order valence-electron chi connectivity index (χ2n) is 7.22. The Morgan fingerprint density at radius 2 is 2.22 bits per heavy atom. The molecule has 3 atom stereocenters. The average Bonchev–Trinajstić information content (AvgIpc) is 2.95. The lowest BCUT2D eigenvalue weighted by molar-refractivity contribution is -0.128. The number of hydrogen-bond acceptors (Lipinski definition) is 3. The molecule has 0 spiro atoms. The van der Waals surface area contributed by atoms with Crippen molar-refractivity contribution in [2.45, 2.75) is 50.6 Å². The third-order valence-corrected chi connectivity index (χ3v) is 5.51. The van der Waals surface area contributed by atoms with E-state index in [1.54, 1.807) is 0 Å². The van der Waals surface area contributed by atoms with Crippen molar-refractivity contribution in [3.8, 4) is 0 Å². The standard InChI is InChI=1S/C18H26ClN3O/c1-18(20)9-3-2-7-16(18)17(23)21-14-8-10-22(12-14)15-6-4-5-13(19)11-15/h4-6,11,14,16H,2-3,7-10,12,20H2,1H3,(H,21,23). The van der Waals surface area contributed by atoms with Crippen molar-refractivity contribution in [3.63, 3.8) is 0 Å². The number of carbonyl (C=O) groups excluding carboxylic acids is 1. The Morgan fingerprint density at radius 3 is 2.96 bits per heavy atom. The molecule has 0 radical (unpaired) electrons. The number of nitrogens with one attached hydrogen (secondary N) is 1. The van der Waals surface area contributed by atoms with Gasteiger partial charge in [-0.2, -0.15) is 0 Å². The third kappa shape index (κ3) is 3.81. The average molecular weight is 336 g/mol. The maximum absolute atomic E-state index is 12.6. The smallest absolute Gasteiger partial charge is 0.225 e. The van der Waals surface area contributed by atoms with E-state index in [-0.39, 0.29) is 23.4 Å². The topological polar surface area (TPSA) is 58.4 Å². The van der Waals surface area contributed by atoms with E-state index < -0.39 is 0 Å². The predicted octanol–water partition coefficient (Wildman–Crippen LogP) is 2.94. The molecule has 1 aliphatic carbocycles. The summed E-state index contributed by atoms with van der Waals surface area (Å²) in [7, 11) is 0. The van der Waals surface area contributed by atoms with Crippen LogP contribution in [0.15, 0.2) is 24.3 Å². The van der Waals surface area contributed by atoms with Crippen molar-refractivity contribution in [2.75, 3.05) is 18.0 Å². The molecule has 2 aliphatic rings. The summed E-state index contributed by atoms with van der Waals surface area (Å²) >= 11 is 6.07. The van der Waals surface area contributed by atoms with Gasteiger partial charge in [0.2, 0.25) is 5.91 Å². The lowest BCUT2D eigenvalue weighted by Gasteiger charge is -2.37. The van der Waals surface area contributed by atoms with E-state index >= 15 is 0 Å². The molecule has 1 aromatic carbocycles. The molecule has 126 valence electrons. The quantitative estimate of drug-likeness (QED) is 0.893. The van der Waals surface area contributed by atoms with Gasteiger partial charge in [-0.15, -0.1) is 0 Å². The summed E-state index contributed by atoms with van der Waals surface area (Å²) in [6.07, 6.45) is 5.03. The summed E-state index contributed by atoms with van der Waals surface area (Å²) in [5, 5.41) is 3.97. The van der Waals surface area contributed by atoms with Gasteiger partial charge < -0.3 is 16.0 Å². The molecule has 3 rings (SSSR count). The first-order valence-corrected chi connectivity index (χ1v) is 8.93. The van der Waals surface area contributed by atoms with Crippen molar-refractivity contribution in [1.82, 2.24) is 5.32 Å². The zero-order valence-corrected chi connectivity index (χ0v) is 14.5. The van der Waals surface area contributed by atoms with E-state index in [4.69, 9.17) is 17.3 Å². The zero-order valence-electron chi connectivity index (χ0n) is 13.7. The van der Waals surface area contributed by atoms with E-state index in [2.05, 4.69) is 16.3 Å². The molecule has 1 saturated carbocycles. The molecule has 1 aliphatic heterocycles. The van der Waals surface area contributed by atoms with Gasteiger partial charge in [-0.05, 0) is 44.4 Å². The second-order valence-corrected chi connectivity index (χ2v) is 7.66. The van der Waals surface area contributed by atoms with Gasteiger partial charge in [-0.3, -0.25) is 4.79 Å². The molecule has 1 amide bonds. The minimum Gasteiger partial charge on any atom is -0.369 e. The Labute approximate surface area is 143 Å². The van der Waals surface area contributed by atoms with Crippen LogP contribution in [0, 0.1) is 5.92 Å². The lowest BCUT2D eigenvalue weighted by Crippen LogP contribution is -2.54. The Morgan fingerprint density at radius 1 is 1.39 bits per heavy atom. The van der Waals surface area contributed by atoms with Crippen molar-refractivity contribution in [1.29, 1.82) is 0 Å². The number of anilines is 1. The van der Waals surface area contributed by atoms with Crippen LogP contribution in [0.2, 0.25) is 5.02 Å². The SMILES string of the molecule is CC1(N)CCCCC1C(=O)NC1CCN(c2cccc(Cl)c2)C1. The van der Waals surface area contributed by atoms with Crippen LogP contribution in [0.4, 0.5) is 5.69 Å². The summed E-state index contributed by atoms with van der Waals surface area (Å²) in [6.45, 7) is 3.79. The van der Waals surface area contributed by atoms with Gasteiger partial charge >= 0.3 is 0 Å². The zero-order chi connectivity index (χ0) is 16.4. The summed E-state index contributed by atoms with van der Waals surface area (Å²) in [5.41, 5.74) is 7.10. The Kier molecular flexibility index (Phi) is 4.83. The highest BCUT2D eigenvalue weighted by molar-refractivity contribution is 6.30. The number of amides is 1. The van der Waals surface area contributed by atoms with Gasteiger partial charge in [0.15, 0.2) is 0 Å². The number of rotatable bonds is 3. The van der Waals surface area contributed by atoms with Crippen molar-refractivity contribution >= 4 is 23.2 Å². The summed E-state index contributed by atoms with van der Waals surface area (Å²) < 4.78 is 0. The van der Waals surface area contributed by atoms with E-state index in [1.165, 1.54) is 0 Å². The minimum atomic E-state index is -0.367. The molecule has 3 N–H and O–H groups in total. The van der Waals surface area contributed by atoms with E-state index in [0.29, 0.717) is 0 Å². The Bertz CT molecular complexity index is 575. The third-order valence-electron chi connectivity index (χ3n) is 5.28. The molecule has 1 heterocycles. The first-order valence-electron chi connectivity index (χ1n) is 8.55. The fourth-order valence-electron chi connectivity index (χ4n) is 3.88. The van der Waals surface area contributed by atoms with Gasteiger partial charge in [0.1, 0.15) is 0 Å². The van der Waals surface area contributed by atoms with Crippen LogP contribution in [0.3, 0.4) is 0 Å². The largest absolute Gasteiger partial charge is 0.369 e. The lowest BCUT2D eigenvalue weighted by atomic mass is 9.74. The molecule has 0 bridgehead atoms. The molecule has 0 aromatic heterocycles. The molecule has 4 nitrogen and oxygen atoms in total. The molecule has 2 fully saturated rings. The van der Waals surface area contributed by atoms with E-state index in [1.807, 2.05) is 25.1 Å². The number of nitrogens with zero attached hydrogens (tertiary/aromatic N) is 1. The molecule has 1 saturated heterocycles. The van der Waals surface area contributed by atoms with Crippen LogP contribution in [0.1, 0.15) is 39.0 Å². The number of halogens is 1. The van der Waals surface area contributed by atoms with Crippen molar-refractivity contribution < 1.29 is 4.79 Å². The maximum atomic E-state index is 12.6. The Balaban J connectivity index is 1.58. The molecule has 1 aromatic rings. The van der Waals surface area contributed by atoms with E-state index in [9.17, 15) is 4.79 Å². The minimum absolute atomic E-state index is 0.0588. The second kappa shape index (κ2) is 6.70. The van der Waals surface area contributed by atoms with Gasteiger partial charge in [0, 0.05) is 35.4 Å². The highest BCUT2D eigenvalue weighted by Gasteiger charge is 2.38. The van der Waals surface area contributed by atoms with Gasteiger partial charge in [-0.1, -0.05) is 30.5 Å². The highest BCUT2D eigenvalue weighted by Crippen LogP contribution is 2.32. The predicted molar refractivity (Wildman–Crippen MR) is 94.8 cm³/mol. The Hall–Kier alpha value is -1.26. The number of hydrogen-bond donors (Lipinski definition) is 2. The van der Waals surface area contributed by atoms with Crippen LogP contribution < -0.4 is 16.0 Å². The van der Waals surface area contributed by atoms with Gasteiger partial charge in [0.25, 0.3) is 0 Å². The molecular formula is C18H26ClN3O. The first-order chi connectivity index (χ1) is 11.0. The molecule has 23 heavy (non-hydrogen) atoms. The van der Waals surface area contributed by atoms with Crippen molar-refractivity contribution in [2.24, 2.45) is 11.7 Å². The van der Waals surface area contributed by atoms with Crippen LogP contribution in [-0.4, -0.2) is 30.6 Å². The van der Waals surface area contributed by atoms with Gasteiger partial charge in [-0.25, -0.2) is 0 Å². The molecule has 3 unspecified atom stereocenters. The first kappa shape index (κ1) is 16.6. The monoisotopic (exact) mass is 335 g/mol. The number of nitrogens with two attached hydrogens (primary N) is 1. The van der Waals surface area contributed by atoms with Crippen LogP contribution in [0.5, 0.6) is 0 Å². The van der Waals surface area contributed by atoms with Gasteiger partial charge in [0.05, 0.1) is 5.92 Å². The number of carbonyl (C=O) groups is 1. The maximum Gasteiger partial charge on any atom is 0.225 e. The molecular weight excluding hydrogens is 310 g/mol. The summed E-state index contributed by atoms with van der Waals surface area (Å²) in [4.78, 5) is 14.9. The summed E-state index contributed by atoms with van der Waals surface area (Å²) in [6, 6.07) is 8.08.